The molecule has 0 aliphatic carbocycles. The number of carbonyl (C=O) groups excluding carboxylic acids is 1. The molecule has 9 heteroatoms. The molecule has 3 rings (SSSR count). The third kappa shape index (κ3) is 4.69. The van der Waals surface area contributed by atoms with Crippen molar-refractivity contribution in [2.24, 2.45) is 5.73 Å². The minimum atomic E-state index is -0.509. The van der Waals surface area contributed by atoms with Gasteiger partial charge in [-0.05, 0) is 43.5 Å². The van der Waals surface area contributed by atoms with Gasteiger partial charge in [-0.25, -0.2) is 19.2 Å². The Bertz CT molecular complexity index is 862. The van der Waals surface area contributed by atoms with Crippen molar-refractivity contribution in [1.82, 2.24) is 20.2 Å². The largest absolute Gasteiger partial charge is 0.352 e. The van der Waals surface area contributed by atoms with Gasteiger partial charge < -0.3 is 21.3 Å². The summed E-state index contributed by atoms with van der Waals surface area (Å²) in [4.78, 5) is 23.3. The summed E-state index contributed by atoms with van der Waals surface area (Å²) < 4.78 is 13.4. The maximum Gasteiger partial charge on any atom is 0.318 e. The highest BCUT2D eigenvalue weighted by molar-refractivity contribution is 6.30. The molecule has 0 saturated heterocycles. The smallest absolute Gasteiger partial charge is 0.318 e. The van der Waals surface area contributed by atoms with Gasteiger partial charge in [-0.2, -0.15) is 0 Å². The highest BCUT2D eigenvalue weighted by Gasteiger charge is 2.24. The molecule has 0 bridgehead atoms. The number of nitrogens with two attached hydrogens (primary N) is 1. The van der Waals surface area contributed by atoms with Crippen LogP contribution in [0.2, 0.25) is 5.02 Å². The van der Waals surface area contributed by atoms with E-state index in [1.807, 2.05) is 20.0 Å². The van der Waals surface area contributed by atoms with Crippen LogP contribution >= 0.6 is 11.6 Å². The number of halogens is 2. The van der Waals surface area contributed by atoms with Crippen LogP contribution in [0.4, 0.5) is 15.1 Å². The van der Waals surface area contributed by atoms with Gasteiger partial charge in [0.25, 0.3) is 0 Å². The van der Waals surface area contributed by atoms with Gasteiger partial charge in [-0.3, -0.25) is 0 Å². The maximum atomic E-state index is 13.4. The number of nitrogens with zero attached hydrogens (tertiary/aromatic N) is 3. The van der Waals surface area contributed by atoms with E-state index < -0.39 is 11.9 Å². The van der Waals surface area contributed by atoms with Gasteiger partial charge in [-0.15, -0.1) is 0 Å². The van der Waals surface area contributed by atoms with Crippen LogP contribution in [0.25, 0.3) is 0 Å². The zero-order valence-electron chi connectivity index (χ0n) is 15.9. The van der Waals surface area contributed by atoms with E-state index in [0.717, 1.165) is 11.3 Å². The van der Waals surface area contributed by atoms with Crippen molar-refractivity contribution >= 4 is 23.6 Å². The molecule has 2 amide bonds. The first-order chi connectivity index (χ1) is 13.4. The van der Waals surface area contributed by atoms with E-state index in [1.54, 1.807) is 11.0 Å². The predicted molar refractivity (Wildman–Crippen MR) is 107 cm³/mol. The van der Waals surface area contributed by atoms with Gasteiger partial charge in [0.2, 0.25) is 5.95 Å². The van der Waals surface area contributed by atoms with Crippen LogP contribution in [0.15, 0.2) is 24.4 Å². The van der Waals surface area contributed by atoms with Crippen molar-refractivity contribution < 1.29 is 9.18 Å². The van der Waals surface area contributed by atoms with E-state index >= 15 is 0 Å². The Hall–Kier alpha value is -2.45. The quantitative estimate of drug-likeness (QED) is 0.709. The SMILES string of the molecule is CC(C)Nc1ncc2c(n1)CN(C(=O)N[C@H](CN)c1ccc(F)c(Cl)c1)CC2. The summed E-state index contributed by atoms with van der Waals surface area (Å²) in [6, 6.07) is 3.82. The van der Waals surface area contributed by atoms with Crippen LogP contribution in [-0.2, 0) is 13.0 Å². The summed E-state index contributed by atoms with van der Waals surface area (Å²) >= 11 is 5.85. The number of fused-ring (bicyclic) bond motifs is 1. The molecule has 0 spiro atoms. The molecule has 4 N–H and O–H groups in total. The van der Waals surface area contributed by atoms with Crippen LogP contribution < -0.4 is 16.4 Å². The average molecular weight is 407 g/mol. The molecule has 1 aromatic heterocycles. The van der Waals surface area contributed by atoms with E-state index in [-0.39, 0.29) is 23.6 Å². The van der Waals surface area contributed by atoms with Crippen molar-refractivity contribution in [3.05, 3.63) is 52.1 Å². The van der Waals surface area contributed by atoms with Gasteiger partial charge in [0.05, 0.1) is 23.3 Å². The molecule has 0 radical (unpaired) electrons. The van der Waals surface area contributed by atoms with Gasteiger partial charge in [-0.1, -0.05) is 17.7 Å². The standard InChI is InChI=1S/C19H24ClFN6O/c1-11(2)24-18-23-9-13-5-6-27(10-17(13)25-18)19(28)26-16(8-22)12-3-4-15(21)14(20)7-12/h3-4,7,9,11,16H,5-6,8,10,22H2,1-2H3,(H,26,28)(H,23,24,25)/t16-/m1/s1. The lowest BCUT2D eigenvalue weighted by molar-refractivity contribution is 0.187. The monoisotopic (exact) mass is 406 g/mol. The number of benzene rings is 1. The molecular formula is C19H24ClFN6O. The van der Waals surface area contributed by atoms with Crippen molar-refractivity contribution in [2.45, 2.75) is 38.9 Å². The average Bonchev–Trinajstić information content (AvgIpc) is 2.67. The van der Waals surface area contributed by atoms with Gasteiger partial charge in [0, 0.05) is 25.3 Å². The fraction of sp³-hybridized carbons (Fsp3) is 0.421. The lowest BCUT2D eigenvalue weighted by atomic mass is 10.1. The Balaban J connectivity index is 1.70. The second-order valence-electron chi connectivity index (χ2n) is 7.05. The third-order valence-corrected chi connectivity index (χ3v) is 4.82. The number of amides is 2. The molecular weight excluding hydrogens is 383 g/mol. The second-order valence-corrected chi connectivity index (χ2v) is 7.45. The fourth-order valence-electron chi connectivity index (χ4n) is 3.05. The minimum absolute atomic E-state index is 0.000944. The van der Waals surface area contributed by atoms with Crippen molar-refractivity contribution in [1.29, 1.82) is 0 Å². The number of nitrogens with one attached hydrogen (secondary N) is 2. The van der Waals surface area contributed by atoms with E-state index in [2.05, 4.69) is 20.6 Å². The predicted octanol–water partition coefficient (Wildman–Crippen LogP) is 2.86. The molecule has 0 fully saturated rings. The Labute approximate surface area is 168 Å². The summed E-state index contributed by atoms with van der Waals surface area (Å²) in [5.41, 5.74) is 8.34. The van der Waals surface area contributed by atoms with Crippen LogP contribution in [-0.4, -0.2) is 40.0 Å². The zero-order chi connectivity index (χ0) is 20.3. The first-order valence-corrected chi connectivity index (χ1v) is 9.57. The van der Waals surface area contributed by atoms with Crippen molar-refractivity contribution in [3.8, 4) is 0 Å². The van der Waals surface area contributed by atoms with E-state index in [0.29, 0.717) is 31.0 Å². The molecule has 1 atom stereocenters. The maximum absolute atomic E-state index is 13.4. The molecule has 1 aromatic carbocycles. The van der Waals surface area contributed by atoms with Crippen molar-refractivity contribution in [2.75, 3.05) is 18.4 Å². The number of anilines is 1. The summed E-state index contributed by atoms with van der Waals surface area (Å²) in [5, 5.41) is 6.07. The normalized spacial score (nSPS) is 14.6. The number of hydrogen-bond donors (Lipinski definition) is 3. The number of aromatic nitrogens is 2. The van der Waals surface area contributed by atoms with Crippen LogP contribution in [0.3, 0.4) is 0 Å². The Morgan fingerprint density at radius 1 is 1.43 bits per heavy atom. The van der Waals surface area contributed by atoms with Gasteiger partial charge in [0.15, 0.2) is 0 Å². The Morgan fingerprint density at radius 3 is 2.89 bits per heavy atom. The fourth-order valence-corrected chi connectivity index (χ4v) is 3.24. The number of hydrogen-bond acceptors (Lipinski definition) is 5. The molecule has 1 aliphatic rings. The molecule has 0 unspecified atom stereocenters. The van der Waals surface area contributed by atoms with E-state index in [9.17, 15) is 9.18 Å². The van der Waals surface area contributed by atoms with Crippen LogP contribution in [0.5, 0.6) is 0 Å². The molecule has 2 aromatic rings. The molecule has 28 heavy (non-hydrogen) atoms. The van der Waals surface area contributed by atoms with E-state index in [4.69, 9.17) is 17.3 Å². The third-order valence-electron chi connectivity index (χ3n) is 4.53. The number of urea groups is 1. The summed E-state index contributed by atoms with van der Waals surface area (Å²) in [6.45, 7) is 5.13. The molecule has 0 saturated carbocycles. The topological polar surface area (TPSA) is 96.2 Å². The minimum Gasteiger partial charge on any atom is -0.352 e. The molecule has 1 aliphatic heterocycles. The highest BCUT2D eigenvalue weighted by atomic mass is 35.5. The highest BCUT2D eigenvalue weighted by Crippen LogP contribution is 2.22. The van der Waals surface area contributed by atoms with Gasteiger partial charge >= 0.3 is 6.03 Å². The molecule has 2 heterocycles. The summed E-state index contributed by atoms with van der Waals surface area (Å²) in [5.74, 6) is 0.0439. The molecule has 150 valence electrons. The van der Waals surface area contributed by atoms with Crippen LogP contribution in [0, 0.1) is 5.82 Å². The molecule has 7 nitrogen and oxygen atoms in total. The number of carbonyl (C=O) groups is 1. The Morgan fingerprint density at radius 2 is 2.21 bits per heavy atom. The summed E-state index contributed by atoms with van der Waals surface area (Å²) in [7, 11) is 0. The Kier molecular flexibility index (Phi) is 6.31. The van der Waals surface area contributed by atoms with E-state index in [1.165, 1.54) is 12.1 Å². The number of rotatable bonds is 5. The first-order valence-electron chi connectivity index (χ1n) is 9.19. The lowest BCUT2D eigenvalue weighted by Gasteiger charge is -2.30. The first kappa shape index (κ1) is 20.3. The van der Waals surface area contributed by atoms with Crippen molar-refractivity contribution in [3.63, 3.8) is 0 Å². The lowest BCUT2D eigenvalue weighted by Crippen LogP contribution is -2.45. The second kappa shape index (κ2) is 8.70. The van der Waals surface area contributed by atoms with Gasteiger partial charge in [0.1, 0.15) is 5.82 Å². The zero-order valence-corrected chi connectivity index (χ0v) is 16.6. The summed E-state index contributed by atoms with van der Waals surface area (Å²) in [6.07, 6.45) is 2.49. The van der Waals surface area contributed by atoms with Crippen LogP contribution in [0.1, 0.15) is 36.7 Å².